The highest BCUT2D eigenvalue weighted by Crippen LogP contribution is 2.20. The Kier molecular flexibility index (Phi) is 7.65. The Morgan fingerprint density at radius 2 is 2.10 bits per heavy atom. The zero-order valence-electron chi connectivity index (χ0n) is 12.7. The van der Waals surface area contributed by atoms with Crippen LogP contribution >= 0.6 is 11.8 Å². The molecule has 21 heavy (non-hydrogen) atoms. The van der Waals surface area contributed by atoms with Crippen molar-refractivity contribution in [2.75, 3.05) is 32.1 Å². The average molecular weight is 334 g/mol. The molecular formula is C14H23FN2O2S2. The lowest BCUT2D eigenvalue weighted by atomic mass is 10.2. The van der Waals surface area contributed by atoms with Gasteiger partial charge in [0.15, 0.2) is 0 Å². The lowest BCUT2D eigenvalue weighted by Gasteiger charge is -2.17. The van der Waals surface area contributed by atoms with Crippen molar-refractivity contribution in [3.8, 4) is 0 Å². The molecule has 4 nitrogen and oxygen atoms in total. The smallest absolute Gasteiger partial charge is 0.245 e. The number of nitrogens with one attached hydrogen (secondary N) is 1. The topological polar surface area (TPSA) is 49.4 Å². The SMILES string of the molecule is CCCNCc1ccc(F)c(S(=O)(=O)N(C)CCSC)c1. The number of nitrogens with zero attached hydrogens (tertiary/aromatic N) is 1. The van der Waals surface area contributed by atoms with Crippen LogP contribution in [0.2, 0.25) is 0 Å². The Hall–Kier alpha value is -0.630. The van der Waals surface area contributed by atoms with Crippen molar-refractivity contribution in [3.05, 3.63) is 29.6 Å². The fraction of sp³-hybridized carbons (Fsp3) is 0.571. The Morgan fingerprint density at radius 1 is 1.38 bits per heavy atom. The molecule has 1 rings (SSSR count). The maximum Gasteiger partial charge on any atom is 0.245 e. The number of rotatable bonds is 9. The van der Waals surface area contributed by atoms with Gasteiger partial charge < -0.3 is 5.32 Å². The molecule has 0 saturated carbocycles. The van der Waals surface area contributed by atoms with E-state index in [1.165, 1.54) is 23.5 Å². The molecule has 0 atom stereocenters. The summed E-state index contributed by atoms with van der Waals surface area (Å²) in [6.07, 6.45) is 2.89. The van der Waals surface area contributed by atoms with E-state index in [1.54, 1.807) is 17.8 Å². The minimum absolute atomic E-state index is 0.248. The van der Waals surface area contributed by atoms with E-state index in [-0.39, 0.29) is 4.90 Å². The molecule has 0 radical (unpaired) electrons. The van der Waals surface area contributed by atoms with Crippen LogP contribution in [0.1, 0.15) is 18.9 Å². The van der Waals surface area contributed by atoms with E-state index < -0.39 is 15.8 Å². The first-order chi connectivity index (χ1) is 9.93. The summed E-state index contributed by atoms with van der Waals surface area (Å²) in [5.41, 5.74) is 0.765. The van der Waals surface area contributed by atoms with Crippen LogP contribution in [0, 0.1) is 5.82 Å². The van der Waals surface area contributed by atoms with Gasteiger partial charge in [0.25, 0.3) is 0 Å². The highest BCUT2D eigenvalue weighted by molar-refractivity contribution is 7.98. The number of hydrogen-bond donors (Lipinski definition) is 1. The summed E-state index contributed by atoms with van der Waals surface area (Å²) in [7, 11) is -2.30. The molecule has 0 aliphatic heterocycles. The van der Waals surface area contributed by atoms with Gasteiger partial charge in [-0.25, -0.2) is 17.1 Å². The third-order valence-electron chi connectivity index (χ3n) is 3.05. The summed E-state index contributed by atoms with van der Waals surface area (Å²) < 4.78 is 39.9. The van der Waals surface area contributed by atoms with Crippen molar-refractivity contribution in [1.82, 2.24) is 9.62 Å². The third-order valence-corrected chi connectivity index (χ3v) is 5.51. The summed E-state index contributed by atoms with van der Waals surface area (Å²) >= 11 is 1.55. The molecule has 0 saturated heterocycles. The van der Waals surface area contributed by atoms with Gasteiger partial charge in [0.1, 0.15) is 10.7 Å². The van der Waals surface area contributed by atoms with Gasteiger partial charge in [-0.1, -0.05) is 13.0 Å². The van der Waals surface area contributed by atoms with Crippen LogP contribution in [0.25, 0.3) is 0 Å². The lowest BCUT2D eigenvalue weighted by molar-refractivity contribution is 0.479. The van der Waals surface area contributed by atoms with Crippen LogP contribution in [0.4, 0.5) is 4.39 Å². The number of halogens is 1. The van der Waals surface area contributed by atoms with Gasteiger partial charge >= 0.3 is 0 Å². The molecule has 0 spiro atoms. The van der Waals surface area contributed by atoms with Crippen molar-refractivity contribution in [1.29, 1.82) is 0 Å². The molecule has 0 aliphatic rings. The van der Waals surface area contributed by atoms with Crippen LogP contribution in [-0.4, -0.2) is 44.9 Å². The Bertz CT molecular complexity index is 550. The van der Waals surface area contributed by atoms with Crippen LogP contribution in [0.15, 0.2) is 23.1 Å². The van der Waals surface area contributed by atoms with Crippen molar-refractivity contribution in [3.63, 3.8) is 0 Å². The maximum absolute atomic E-state index is 13.9. The molecule has 0 amide bonds. The molecule has 0 unspecified atom stereocenters. The highest BCUT2D eigenvalue weighted by Gasteiger charge is 2.24. The van der Waals surface area contributed by atoms with Gasteiger partial charge in [-0.05, 0) is 36.9 Å². The Balaban J connectivity index is 2.96. The van der Waals surface area contributed by atoms with Crippen LogP contribution in [-0.2, 0) is 16.6 Å². The van der Waals surface area contributed by atoms with E-state index in [9.17, 15) is 12.8 Å². The molecule has 0 aromatic heterocycles. The number of benzene rings is 1. The normalized spacial score (nSPS) is 12.0. The summed E-state index contributed by atoms with van der Waals surface area (Å²) in [6.45, 7) is 3.79. The van der Waals surface area contributed by atoms with Gasteiger partial charge in [0.05, 0.1) is 0 Å². The van der Waals surface area contributed by atoms with Gasteiger partial charge in [-0.15, -0.1) is 0 Å². The molecule has 120 valence electrons. The highest BCUT2D eigenvalue weighted by atomic mass is 32.2. The van der Waals surface area contributed by atoms with Crippen LogP contribution < -0.4 is 5.32 Å². The zero-order valence-corrected chi connectivity index (χ0v) is 14.4. The third kappa shape index (κ3) is 5.25. The monoisotopic (exact) mass is 334 g/mol. The first-order valence-electron chi connectivity index (χ1n) is 6.88. The molecule has 0 bridgehead atoms. The number of sulfonamides is 1. The van der Waals surface area contributed by atoms with E-state index in [0.717, 1.165) is 18.5 Å². The van der Waals surface area contributed by atoms with Crippen LogP contribution in [0.5, 0.6) is 0 Å². The van der Waals surface area contributed by atoms with Gasteiger partial charge in [-0.3, -0.25) is 0 Å². The van der Waals surface area contributed by atoms with Crippen molar-refractivity contribution >= 4 is 21.8 Å². The molecule has 0 fully saturated rings. The molecule has 1 aromatic rings. The second-order valence-corrected chi connectivity index (χ2v) is 7.76. The minimum Gasteiger partial charge on any atom is -0.313 e. The van der Waals surface area contributed by atoms with E-state index in [2.05, 4.69) is 5.32 Å². The number of thioether (sulfide) groups is 1. The summed E-state index contributed by atoms with van der Waals surface area (Å²) in [4.78, 5) is -0.248. The van der Waals surface area contributed by atoms with Crippen molar-refractivity contribution in [2.24, 2.45) is 0 Å². The van der Waals surface area contributed by atoms with Crippen molar-refractivity contribution < 1.29 is 12.8 Å². The lowest BCUT2D eigenvalue weighted by Crippen LogP contribution is -2.30. The second kappa shape index (κ2) is 8.73. The second-order valence-electron chi connectivity index (χ2n) is 4.76. The Morgan fingerprint density at radius 3 is 2.71 bits per heavy atom. The predicted octanol–water partition coefficient (Wildman–Crippen LogP) is 2.31. The minimum atomic E-state index is -3.78. The molecular weight excluding hydrogens is 311 g/mol. The molecule has 1 aromatic carbocycles. The molecule has 1 N–H and O–H groups in total. The van der Waals surface area contributed by atoms with Gasteiger partial charge in [-0.2, -0.15) is 11.8 Å². The standard InChI is InChI=1S/C14H23FN2O2S2/c1-4-7-16-11-12-5-6-13(15)14(10-12)21(18,19)17(2)8-9-20-3/h5-6,10,16H,4,7-9,11H2,1-3H3. The molecule has 0 aliphatic carbocycles. The van der Waals surface area contributed by atoms with E-state index in [0.29, 0.717) is 18.8 Å². The maximum atomic E-state index is 13.9. The average Bonchev–Trinajstić information content (AvgIpc) is 2.46. The summed E-state index contributed by atoms with van der Waals surface area (Å²) in [5.74, 6) is -0.0278. The largest absolute Gasteiger partial charge is 0.313 e. The first-order valence-corrected chi connectivity index (χ1v) is 9.71. The fourth-order valence-corrected chi connectivity index (χ4v) is 3.63. The van der Waals surface area contributed by atoms with Crippen molar-refractivity contribution in [2.45, 2.75) is 24.8 Å². The van der Waals surface area contributed by atoms with E-state index >= 15 is 0 Å². The van der Waals surface area contributed by atoms with Gasteiger partial charge in [0, 0.05) is 25.9 Å². The molecule has 0 heterocycles. The van der Waals surface area contributed by atoms with Gasteiger partial charge in [0.2, 0.25) is 10.0 Å². The Labute approximate surface area is 131 Å². The zero-order chi connectivity index (χ0) is 15.9. The predicted molar refractivity (Wildman–Crippen MR) is 86.6 cm³/mol. The summed E-state index contributed by atoms with van der Waals surface area (Å²) in [5, 5.41) is 3.18. The number of hydrogen-bond acceptors (Lipinski definition) is 4. The van der Waals surface area contributed by atoms with Crippen LogP contribution in [0.3, 0.4) is 0 Å². The summed E-state index contributed by atoms with van der Waals surface area (Å²) in [6, 6.07) is 4.25. The fourth-order valence-electron chi connectivity index (χ4n) is 1.77. The first kappa shape index (κ1) is 18.4. The quantitative estimate of drug-likeness (QED) is 0.704. The van der Waals surface area contributed by atoms with E-state index in [1.807, 2.05) is 13.2 Å². The van der Waals surface area contributed by atoms with E-state index in [4.69, 9.17) is 0 Å². The molecule has 7 heteroatoms.